The fourth-order valence-electron chi connectivity index (χ4n) is 1.96. The van der Waals surface area contributed by atoms with Gasteiger partial charge in [0.1, 0.15) is 4.88 Å². The Balaban J connectivity index is 2.07. The van der Waals surface area contributed by atoms with Gasteiger partial charge in [-0.3, -0.25) is 0 Å². The molecule has 88 valence electrons. The summed E-state index contributed by atoms with van der Waals surface area (Å²) in [4.78, 5) is 17.5. The predicted octanol–water partition coefficient (Wildman–Crippen LogP) is 2.47. The highest BCUT2D eigenvalue weighted by Gasteiger charge is 2.18. The molecule has 1 fully saturated rings. The molecular formula is C11H16N2O2S. The number of carboxylic acids is 1. The first kappa shape index (κ1) is 11.4. The van der Waals surface area contributed by atoms with Crippen molar-refractivity contribution >= 4 is 22.4 Å². The summed E-state index contributed by atoms with van der Waals surface area (Å²) in [5, 5.41) is 9.70. The minimum atomic E-state index is -0.882. The average molecular weight is 240 g/mol. The van der Waals surface area contributed by atoms with Gasteiger partial charge < -0.3 is 10.0 Å². The van der Waals surface area contributed by atoms with Gasteiger partial charge in [-0.15, -0.1) is 0 Å². The second-order valence-electron chi connectivity index (χ2n) is 4.34. The summed E-state index contributed by atoms with van der Waals surface area (Å²) in [6.45, 7) is 4.26. The van der Waals surface area contributed by atoms with Crippen LogP contribution in [0.5, 0.6) is 0 Å². The fourth-order valence-corrected chi connectivity index (χ4v) is 2.77. The van der Waals surface area contributed by atoms with E-state index in [4.69, 9.17) is 5.11 Å². The van der Waals surface area contributed by atoms with Crippen LogP contribution in [0, 0.1) is 5.92 Å². The van der Waals surface area contributed by atoms with Crippen LogP contribution in [0.4, 0.5) is 5.13 Å². The van der Waals surface area contributed by atoms with Gasteiger partial charge in [-0.05, 0) is 25.2 Å². The van der Waals surface area contributed by atoms with E-state index in [1.54, 1.807) is 0 Å². The van der Waals surface area contributed by atoms with Gasteiger partial charge >= 0.3 is 5.97 Å². The van der Waals surface area contributed by atoms with Crippen molar-refractivity contribution in [1.29, 1.82) is 0 Å². The number of anilines is 1. The molecule has 1 aliphatic rings. The van der Waals surface area contributed by atoms with Crippen molar-refractivity contribution in [2.75, 3.05) is 18.0 Å². The van der Waals surface area contributed by atoms with Gasteiger partial charge in [-0.25, -0.2) is 9.78 Å². The Morgan fingerprint density at radius 3 is 3.06 bits per heavy atom. The lowest BCUT2D eigenvalue weighted by molar-refractivity contribution is 0.0702. The van der Waals surface area contributed by atoms with E-state index in [9.17, 15) is 4.79 Å². The molecule has 2 heterocycles. The Labute approximate surface area is 98.9 Å². The second kappa shape index (κ2) is 4.82. The minimum Gasteiger partial charge on any atom is -0.477 e. The van der Waals surface area contributed by atoms with Crippen LogP contribution in [0.1, 0.15) is 35.9 Å². The number of hydrogen-bond acceptors (Lipinski definition) is 4. The van der Waals surface area contributed by atoms with Crippen LogP contribution in [-0.4, -0.2) is 29.1 Å². The van der Waals surface area contributed by atoms with Gasteiger partial charge in [-0.1, -0.05) is 18.3 Å². The van der Waals surface area contributed by atoms with Gasteiger partial charge in [0.05, 0.1) is 6.20 Å². The standard InChI is InChI=1S/C11H16N2O2S/c1-8-3-2-5-13(6-4-8)11-12-7-9(16-11)10(14)15/h7-8H,2-6H2,1H3,(H,14,15). The molecule has 1 aromatic rings. The third-order valence-electron chi connectivity index (χ3n) is 2.99. The number of hydrogen-bond donors (Lipinski definition) is 1. The van der Waals surface area contributed by atoms with E-state index in [0.29, 0.717) is 4.88 Å². The van der Waals surface area contributed by atoms with Gasteiger partial charge in [-0.2, -0.15) is 0 Å². The Morgan fingerprint density at radius 1 is 1.56 bits per heavy atom. The molecule has 0 bridgehead atoms. The summed E-state index contributed by atoms with van der Waals surface area (Å²) in [5.74, 6) is -0.115. The molecule has 1 atom stereocenters. The van der Waals surface area contributed by atoms with Crippen molar-refractivity contribution in [3.05, 3.63) is 11.1 Å². The van der Waals surface area contributed by atoms with Crippen molar-refractivity contribution < 1.29 is 9.90 Å². The van der Waals surface area contributed by atoms with Gasteiger partial charge in [0.2, 0.25) is 0 Å². The molecule has 2 rings (SSSR count). The summed E-state index contributed by atoms with van der Waals surface area (Å²) in [7, 11) is 0. The van der Waals surface area contributed by atoms with Gasteiger partial charge in [0.15, 0.2) is 5.13 Å². The van der Waals surface area contributed by atoms with Crippen LogP contribution in [0.15, 0.2) is 6.20 Å². The molecule has 1 saturated heterocycles. The molecule has 1 aromatic heterocycles. The molecule has 1 aliphatic heterocycles. The zero-order chi connectivity index (χ0) is 11.5. The molecule has 0 aromatic carbocycles. The summed E-state index contributed by atoms with van der Waals surface area (Å²) in [5.41, 5.74) is 0. The first-order valence-electron chi connectivity index (χ1n) is 5.61. The quantitative estimate of drug-likeness (QED) is 0.862. The van der Waals surface area contributed by atoms with E-state index in [1.807, 2.05) is 0 Å². The lowest BCUT2D eigenvalue weighted by atomic mass is 10.0. The third-order valence-corrected chi connectivity index (χ3v) is 4.04. The Hall–Kier alpha value is -1.10. The number of carbonyl (C=O) groups is 1. The zero-order valence-corrected chi connectivity index (χ0v) is 10.2. The molecule has 0 aliphatic carbocycles. The molecular weight excluding hydrogens is 224 g/mol. The number of rotatable bonds is 2. The fraction of sp³-hybridized carbons (Fsp3) is 0.636. The van der Waals surface area contributed by atoms with E-state index >= 15 is 0 Å². The van der Waals surface area contributed by atoms with Crippen LogP contribution < -0.4 is 4.90 Å². The highest BCUT2D eigenvalue weighted by atomic mass is 32.1. The Morgan fingerprint density at radius 2 is 2.38 bits per heavy atom. The molecule has 4 nitrogen and oxygen atoms in total. The van der Waals surface area contributed by atoms with E-state index in [0.717, 1.165) is 24.1 Å². The first-order chi connectivity index (χ1) is 7.66. The lowest BCUT2D eigenvalue weighted by Gasteiger charge is -2.18. The molecule has 1 unspecified atom stereocenters. The topological polar surface area (TPSA) is 53.4 Å². The smallest absolute Gasteiger partial charge is 0.347 e. The third kappa shape index (κ3) is 2.52. The minimum absolute atomic E-state index is 0.326. The molecule has 0 spiro atoms. The number of nitrogens with zero attached hydrogens (tertiary/aromatic N) is 2. The number of thiazole rings is 1. The molecule has 0 amide bonds. The van der Waals surface area contributed by atoms with Crippen molar-refractivity contribution in [2.45, 2.75) is 26.2 Å². The predicted molar refractivity (Wildman–Crippen MR) is 64.3 cm³/mol. The van der Waals surface area contributed by atoms with Crippen molar-refractivity contribution in [2.24, 2.45) is 5.92 Å². The summed E-state index contributed by atoms with van der Waals surface area (Å²) in [6, 6.07) is 0. The highest BCUT2D eigenvalue weighted by molar-refractivity contribution is 7.17. The number of aromatic nitrogens is 1. The second-order valence-corrected chi connectivity index (χ2v) is 5.34. The summed E-state index contributed by atoms with van der Waals surface area (Å²) < 4.78 is 0. The highest BCUT2D eigenvalue weighted by Crippen LogP contribution is 2.26. The SMILES string of the molecule is CC1CCCN(c2ncc(C(=O)O)s2)CC1. The largest absolute Gasteiger partial charge is 0.477 e. The Bertz CT molecular complexity index is 378. The van der Waals surface area contributed by atoms with Crippen molar-refractivity contribution in [1.82, 2.24) is 4.98 Å². The van der Waals surface area contributed by atoms with E-state index in [2.05, 4.69) is 16.8 Å². The molecule has 1 N–H and O–H groups in total. The van der Waals surface area contributed by atoms with Gasteiger partial charge in [0, 0.05) is 13.1 Å². The maximum absolute atomic E-state index is 10.8. The summed E-state index contributed by atoms with van der Waals surface area (Å²) >= 11 is 1.27. The van der Waals surface area contributed by atoms with Crippen LogP contribution in [0.3, 0.4) is 0 Å². The molecule has 0 saturated carbocycles. The maximum Gasteiger partial charge on any atom is 0.347 e. The zero-order valence-electron chi connectivity index (χ0n) is 9.35. The van der Waals surface area contributed by atoms with Crippen molar-refractivity contribution in [3.63, 3.8) is 0 Å². The van der Waals surface area contributed by atoms with E-state index in [1.165, 1.54) is 36.8 Å². The number of aromatic carboxylic acids is 1. The maximum atomic E-state index is 10.8. The van der Waals surface area contributed by atoms with Crippen LogP contribution in [-0.2, 0) is 0 Å². The first-order valence-corrected chi connectivity index (χ1v) is 6.42. The molecule has 0 radical (unpaired) electrons. The van der Waals surface area contributed by atoms with Crippen LogP contribution >= 0.6 is 11.3 Å². The molecule has 16 heavy (non-hydrogen) atoms. The normalized spacial score (nSPS) is 21.8. The lowest BCUT2D eigenvalue weighted by Crippen LogP contribution is -2.23. The van der Waals surface area contributed by atoms with E-state index in [-0.39, 0.29) is 0 Å². The van der Waals surface area contributed by atoms with Gasteiger partial charge in [0.25, 0.3) is 0 Å². The average Bonchev–Trinajstić information content (AvgIpc) is 2.63. The molecule has 5 heteroatoms. The van der Waals surface area contributed by atoms with Crippen LogP contribution in [0.2, 0.25) is 0 Å². The Kier molecular flexibility index (Phi) is 3.43. The monoisotopic (exact) mass is 240 g/mol. The van der Waals surface area contributed by atoms with Crippen LogP contribution in [0.25, 0.3) is 0 Å². The van der Waals surface area contributed by atoms with E-state index < -0.39 is 5.97 Å². The van der Waals surface area contributed by atoms with Crippen molar-refractivity contribution in [3.8, 4) is 0 Å². The summed E-state index contributed by atoms with van der Waals surface area (Å²) in [6.07, 6.45) is 5.05. The number of carboxylic acid groups (broad SMARTS) is 1.